The lowest BCUT2D eigenvalue weighted by atomic mass is 9.67. The third-order valence-electron chi connectivity index (χ3n) is 5.32. The fourth-order valence-electron chi connectivity index (χ4n) is 3.49. The molecule has 1 aliphatic carbocycles. The molecule has 0 unspecified atom stereocenters. The van der Waals surface area contributed by atoms with Gasteiger partial charge in [0.2, 0.25) is 6.79 Å². The number of hydrogen-bond acceptors (Lipinski definition) is 5. The highest BCUT2D eigenvalue weighted by Gasteiger charge is 2.36. The van der Waals surface area contributed by atoms with Crippen molar-refractivity contribution in [2.75, 3.05) is 34.1 Å². The van der Waals surface area contributed by atoms with Gasteiger partial charge in [-0.2, -0.15) is 8.78 Å². The molecule has 29 heavy (non-hydrogen) atoms. The van der Waals surface area contributed by atoms with Crippen LogP contribution >= 0.6 is 24.0 Å². The molecule has 1 fully saturated rings. The molecule has 2 aliphatic rings. The summed E-state index contributed by atoms with van der Waals surface area (Å²) in [4.78, 5) is 4.23. The summed E-state index contributed by atoms with van der Waals surface area (Å²) in [6.07, 6.45) is 4.55. The van der Waals surface area contributed by atoms with Crippen molar-refractivity contribution in [2.45, 2.75) is 38.8 Å². The zero-order valence-electron chi connectivity index (χ0n) is 16.6. The van der Waals surface area contributed by atoms with E-state index in [9.17, 15) is 8.78 Å². The van der Waals surface area contributed by atoms with Crippen LogP contribution in [0, 0.1) is 5.41 Å². The van der Waals surface area contributed by atoms with E-state index < -0.39 is 6.61 Å². The summed E-state index contributed by atoms with van der Waals surface area (Å²) < 4.78 is 45.9. The minimum absolute atomic E-state index is 0. The maximum Gasteiger partial charge on any atom is 0.387 e. The highest BCUT2D eigenvalue weighted by atomic mass is 127. The molecule has 0 radical (unpaired) electrons. The number of halogens is 3. The lowest BCUT2D eigenvalue weighted by Crippen LogP contribution is -2.46. The standard InChI is InChI=1S/C19H27F2N3O4.HI/c1-22-18(24-11-19(4-3-5-19)6-7-25-2)23-10-13-8-15-16(27-12-26-15)9-14(13)28-17(20)21;/h8-9,17H,3-7,10-12H2,1-2H3,(H2,22,23,24);1H. The molecular formula is C19H28F2IN3O4. The Kier molecular flexibility index (Phi) is 9.00. The number of guanidine groups is 1. The quantitative estimate of drug-likeness (QED) is 0.291. The van der Waals surface area contributed by atoms with E-state index in [1.54, 1.807) is 20.2 Å². The molecule has 0 bridgehead atoms. The number of methoxy groups -OCH3 is 1. The van der Waals surface area contributed by atoms with Crippen LogP contribution in [0.4, 0.5) is 8.78 Å². The normalized spacial score (nSPS) is 16.8. The van der Waals surface area contributed by atoms with Gasteiger partial charge in [-0.25, -0.2) is 0 Å². The van der Waals surface area contributed by atoms with Gasteiger partial charge in [-0.3, -0.25) is 4.99 Å². The van der Waals surface area contributed by atoms with Crippen LogP contribution in [-0.4, -0.2) is 46.7 Å². The first-order valence-electron chi connectivity index (χ1n) is 9.36. The number of rotatable bonds is 9. The number of nitrogens with one attached hydrogen (secondary N) is 2. The predicted molar refractivity (Wildman–Crippen MR) is 116 cm³/mol. The summed E-state index contributed by atoms with van der Waals surface area (Å²) in [6.45, 7) is -1.08. The van der Waals surface area contributed by atoms with E-state index in [-0.39, 0.29) is 48.5 Å². The van der Waals surface area contributed by atoms with E-state index in [2.05, 4.69) is 20.4 Å². The second-order valence-corrected chi connectivity index (χ2v) is 7.07. The highest BCUT2D eigenvalue weighted by molar-refractivity contribution is 14.0. The third-order valence-corrected chi connectivity index (χ3v) is 5.32. The average Bonchev–Trinajstić information content (AvgIpc) is 3.09. The van der Waals surface area contributed by atoms with Crippen molar-refractivity contribution < 1.29 is 27.7 Å². The highest BCUT2D eigenvalue weighted by Crippen LogP contribution is 2.43. The van der Waals surface area contributed by atoms with Crippen LogP contribution in [-0.2, 0) is 11.3 Å². The summed E-state index contributed by atoms with van der Waals surface area (Å²) in [5.74, 6) is 1.56. The Labute approximate surface area is 186 Å². The SMILES string of the molecule is CN=C(NCc1cc2c(cc1OC(F)F)OCO2)NCC1(CCOC)CCC1.I. The van der Waals surface area contributed by atoms with E-state index >= 15 is 0 Å². The number of nitrogens with zero attached hydrogens (tertiary/aromatic N) is 1. The Morgan fingerprint density at radius 3 is 2.55 bits per heavy atom. The van der Waals surface area contributed by atoms with Crippen LogP contribution in [0.5, 0.6) is 17.2 Å². The molecule has 3 rings (SSSR count). The summed E-state index contributed by atoms with van der Waals surface area (Å²) in [6, 6.07) is 3.07. The molecule has 1 aliphatic heterocycles. The van der Waals surface area contributed by atoms with Crippen LogP contribution < -0.4 is 24.8 Å². The lowest BCUT2D eigenvalue weighted by molar-refractivity contribution is -0.0505. The van der Waals surface area contributed by atoms with Gasteiger partial charge in [-0.1, -0.05) is 6.42 Å². The van der Waals surface area contributed by atoms with Crippen LogP contribution in [0.25, 0.3) is 0 Å². The van der Waals surface area contributed by atoms with Gasteiger partial charge in [0, 0.05) is 45.5 Å². The van der Waals surface area contributed by atoms with Gasteiger partial charge in [0.15, 0.2) is 17.5 Å². The van der Waals surface area contributed by atoms with Crippen molar-refractivity contribution in [3.63, 3.8) is 0 Å². The second-order valence-electron chi connectivity index (χ2n) is 7.07. The van der Waals surface area contributed by atoms with Gasteiger partial charge < -0.3 is 29.6 Å². The van der Waals surface area contributed by atoms with Crippen LogP contribution in [0.15, 0.2) is 17.1 Å². The first-order chi connectivity index (χ1) is 13.5. The van der Waals surface area contributed by atoms with E-state index in [0.29, 0.717) is 23.0 Å². The molecule has 0 atom stereocenters. The van der Waals surface area contributed by atoms with Crippen molar-refractivity contribution in [1.29, 1.82) is 0 Å². The Morgan fingerprint density at radius 2 is 1.97 bits per heavy atom. The molecule has 0 aromatic heterocycles. The molecule has 1 saturated carbocycles. The molecule has 0 spiro atoms. The van der Waals surface area contributed by atoms with Gasteiger partial charge in [0.05, 0.1) is 0 Å². The number of hydrogen-bond donors (Lipinski definition) is 2. The monoisotopic (exact) mass is 527 g/mol. The summed E-state index contributed by atoms with van der Waals surface area (Å²) in [5, 5.41) is 6.50. The van der Waals surface area contributed by atoms with Crippen LogP contribution in [0.3, 0.4) is 0 Å². The summed E-state index contributed by atoms with van der Waals surface area (Å²) in [7, 11) is 3.39. The maximum atomic E-state index is 12.8. The minimum atomic E-state index is -2.92. The van der Waals surface area contributed by atoms with Crippen molar-refractivity contribution in [1.82, 2.24) is 10.6 Å². The van der Waals surface area contributed by atoms with Crippen molar-refractivity contribution in [3.8, 4) is 17.2 Å². The van der Waals surface area contributed by atoms with Gasteiger partial charge in [-0.05, 0) is 30.7 Å². The average molecular weight is 527 g/mol. The summed E-state index contributed by atoms with van der Waals surface area (Å²) in [5.41, 5.74) is 0.765. The number of fused-ring (bicyclic) bond motifs is 1. The van der Waals surface area contributed by atoms with Gasteiger partial charge in [0.1, 0.15) is 5.75 Å². The molecule has 0 amide bonds. The molecule has 1 aromatic rings. The number of aliphatic imine (C=N–C) groups is 1. The largest absolute Gasteiger partial charge is 0.454 e. The van der Waals surface area contributed by atoms with Crippen molar-refractivity contribution in [3.05, 3.63) is 17.7 Å². The lowest BCUT2D eigenvalue weighted by Gasteiger charge is -2.42. The zero-order chi connectivity index (χ0) is 20.0. The molecule has 10 heteroatoms. The van der Waals surface area contributed by atoms with Gasteiger partial charge in [-0.15, -0.1) is 24.0 Å². The Balaban J connectivity index is 0.00000300. The van der Waals surface area contributed by atoms with E-state index in [4.69, 9.17) is 14.2 Å². The second kappa shape index (κ2) is 11.0. The third kappa shape index (κ3) is 6.21. The van der Waals surface area contributed by atoms with Gasteiger partial charge in [0.25, 0.3) is 0 Å². The predicted octanol–water partition coefficient (Wildman–Crippen LogP) is 3.51. The molecular weight excluding hydrogens is 499 g/mol. The molecule has 164 valence electrons. The first-order valence-corrected chi connectivity index (χ1v) is 9.36. The smallest absolute Gasteiger partial charge is 0.387 e. The number of benzene rings is 1. The maximum absolute atomic E-state index is 12.8. The number of ether oxygens (including phenoxy) is 4. The van der Waals surface area contributed by atoms with Crippen molar-refractivity contribution >= 4 is 29.9 Å². The summed E-state index contributed by atoms with van der Waals surface area (Å²) >= 11 is 0. The van der Waals surface area contributed by atoms with E-state index in [1.165, 1.54) is 12.5 Å². The topological polar surface area (TPSA) is 73.3 Å². The Bertz CT molecular complexity index is 702. The van der Waals surface area contributed by atoms with Gasteiger partial charge >= 0.3 is 6.61 Å². The fraction of sp³-hybridized carbons (Fsp3) is 0.632. The Hall–Kier alpha value is -1.56. The number of alkyl halides is 2. The molecule has 7 nitrogen and oxygen atoms in total. The molecule has 2 N–H and O–H groups in total. The molecule has 1 aromatic carbocycles. The van der Waals surface area contributed by atoms with Crippen LogP contribution in [0.2, 0.25) is 0 Å². The fourth-order valence-corrected chi connectivity index (χ4v) is 3.49. The molecule has 1 heterocycles. The van der Waals surface area contributed by atoms with Crippen molar-refractivity contribution in [2.24, 2.45) is 10.4 Å². The van der Waals surface area contributed by atoms with E-state index in [0.717, 1.165) is 32.4 Å². The molecule has 0 saturated heterocycles. The Morgan fingerprint density at radius 1 is 1.24 bits per heavy atom. The zero-order valence-corrected chi connectivity index (χ0v) is 19.0. The van der Waals surface area contributed by atoms with E-state index in [1.807, 2.05) is 0 Å². The first kappa shape index (κ1) is 23.7. The minimum Gasteiger partial charge on any atom is -0.454 e. The van der Waals surface area contributed by atoms with Crippen LogP contribution in [0.1, 0.15) is 31.2 Å².